The van der Waals surface area contributed by atoms with Crippen LogP contribution in [0.4, 0.5) is 11.5 Å². The number of anilines is 2. The van der Waals surface area contributed by atoms with Gasteiger partial charge in [-0.2, -0.15) is 5.10 Å². The summed E-state index contributed by atoms with van der Waals surface area (Å²) in [4.78, 5) is 4.25. The maximum Gasteiger partial charge on any atom is 0.147 e. The van der Waals surface area contributed by atoms with Crippen LogP contribution in [0.1, 0.15) is 24.0 Å². The molecule has 3 N–H and O–H groups in total. The Bertz CT molecular complexity index is 489. The Kier molecular flexibility index (Phi) is 4.19. The van der Waals surface area contributed by atoms with Crippen molar-refractivity contribution in [1.29, 1.82) is 0 Å². The molecule has 2 aromatic rings. The third-order valence-electron chi connectivity index (χ3n) is 2.76. The first-order valence-electron chi connectivity index (χ1n) is 6.16. The molecule has 0 aliphatic heterocycles. The molecule has 2 heterocycles. The summed E-state index contributed by atoms with van der Waals surface area (Å²) in [5.74, 6) is 0.912. The van der Waals surface area contributed by atoms with Gasteiger partial charge in [0.15, 0.2) is 0 Å². The van der Waals surface area contributed by atoms with Crippen molar-refractivity contribution in [3.63, 3.8) is 0 Å². The lowest BCUT2D eigenvalue weighted by molar-refractivity contribution is 0.734. The van der Waals surface area contributed by atoms with Crippen molar-refractivity contribution in [2.75, 3.05) is 17.6 Å². The van der Waals surface area contributed by atoms with Crippen LogP contribution in [0.5, 0.6) is 0 Å². The summed E-state index contributed by atoms with van der Waals surface area (Å²) < 4.78 is 1.82. The van der Waals surface area contributed by atoms with Crippen molar-refractivity contribution in [3.05, 3.63) is 22.3 Å². The van der Waals surface area contributed by atoms with E-state index in [1.165, 1.54) is 0 Å². The molecule has 0 saturated heterocycles. The fourth-order valence-electron chi connectivity index (χ4n) is 1.89. The SMILES string of the molecule is CCCc1nn(C)c(NCCc2nccs2)c1N. The minimum atomic E-state index is 0.776. The molecule has 0 atom stereocenters. The van der Waals surface area contributed by atoms with Gasteiger partial charge in [0.1, 0.15) is 5.82 Å². The Balaban J connectivity index is 1.96. The van der Waals surface area contributed by atoms with Gasteiger partial charge in [-0.3, -0.25) is 4.68 Å². The first-order chi connectivity index (χ1) is 8.72. The normalized spacial score (nSPS) is 10.8. The van der Waals surface area contributed by atoms with Gasteiger partial charge < -0.3 is 11.1 Å². The highest BCUT2D eigenvalue weighted by atomic mass is 32.1. The molecule has 98 valence electrons. The van der Waals surface area contributed by atoms with Gasteiger partial charge >= 0.3 is 0 Å². The van der Waals surface area contributed by atoms with Crippen molar-refractivity contribution < 1.29 is 0 Å². The number of nitrogen functional groups attached to an aromatic ring is 1. The minimum Gasteiger partial charge on any atom is -0.394 e. The standard InChI is InChI=1S/C12H19N5S/c1-3-4-9-11(13)12(17(2)16-9)15-6-5-10-14-7-8-18-10/h7-8,15H,3-6,13H2,1-2H3. The molecular formula is C12H19N5S. The van der Waals surface area contributed by atoms with Crippen LogP contribution < -0.4 is 11.1 Å². The van der Waals surface area contributed by atoms with Crippen LogP contribution in [-0.2, 0) is 19.9 Å². The van der Waals surface area contributed by atoms with E-state index in [0.29, 0.717) is 0 Å². The fraction of sp³-hybridized carbons (Fsp3) is 0.500. The molecule has 5 nitrogen and oxygen atoms in total. The lowest BCUT2D eigenvalue weighted by Crippen LogP contribution is -2.09. The molecule has 0 spiro atoms. The summed E-state index contributed by atoms with van der Waals surface area (Å²) in [6.45, 7) is 2.95. The zero-order chi connectivity index (χ0) is 13.0. The number of nitrogens with zero attached hydrogens (tertiary/aromatic N) is 3. The number of nitrogens with two attached hydrogens (primary N) is 1. The van der Waals surface area contributed by atoms with Gasteiger partial charge in [-0.25, -0.2) is 4.98 Å². The number of hydrogen-bond donors (Lipinski definition) is 2. The van der Waals surface area contributed by atoms with Crippen molar-refractivity contribution >= 4 is 22.8 Å². The topological polar surface area (TPSA) is 68.8 Å². The van der Waals surface area contributed by atoms with E-state index in [-0.39, 0.29) is 0 Å². The largest absolute Gasteiger partial charge is 0.394 e. The summed E-state index contributed by atoms with van der Waals surface area (Å²) in [5.41, 5.74) is 7.85. The van der Waals surface area contributed by atoms with E-state index in [4.69, 9.17) is 5.73 Å². The summed E-state index contributed by atoms with van der Waals surface area (Å²) in [7, 11) is 1.92. The van der Waals surface area contributed by atoms with E-state index < -0.39 is 0 Å². The average Bonchev–Trinajstić information content (AvgIpc) is 2.93. The summed E-state index contributed by atoms with van der Waals surface area (Å²) in [6, 6.07) is 0. The molecular weight excluding hydrogens is 246 g/mol. The summed E-state index contributed by atoms with van der Waals surface area (Å²) in [5, 5.41) is 10.9. The van der Waals surface area contributed by atoms with Crippen LogP contribution in [0.25, 0.3) is 0 Å². The Hall–Kier alpha value is -1.56. The van der Waals surface area contributed by atoms with Gasteiger partial charge in [-0.05, 0) is 6.42 Å². The molecule has 0 aliphatic rings. The number of aromatic nitrogens is 3. The van der Waals surface area contributed by atoms with Gasteiger partial charge in [0.25, 0.3) is 0 Å². The van der Waals surface area contributed by atoms with Crippen LogP contribution in [0.3, 0.4) is 0 Å². The van der Waals surface area contributed by atoms with Crippen molar-refractivity contribution in [1.82, 2.24) is 14.8 Å². The molecule has 2 rings (SSSR count). The first kappa shape index (κ1) is 12.9. The highest BCUT2D eigenvalue weighted by Crippen LogP contribution is 2.22. The maximum atomic E-state index is 6.09. The van der Waals surface area contributed by atoms with Crippen LogP contribution >= 0.6 is 11.3 Å². The fourth-order valence-corrected chi connectivity index (χ4v) is 2.51. The summed E-state index contributed by atoms with van der Waals surface area (Å²) >= 11 is 1.68. The molecule has 0 radical (unpaired) electrons. The minimum absolute atomic E-state index is 0.776. The maximum absolute atomic E-state index is 6.09. The molecule has 0 fully saturated rings. The number of aryl methyl sites for hydroxylation is 2. The van der Waals surface area contributed by atoms with Crippen LogP contribution in [-0.4, -0.2) is 21.3 Å². The molecule has 0 aliphatic carbocycles. The lowest BCUT2D eigenvalue weighted by Gasteiger charge is -2.06. The third-order valence-corrected chi connectivity index (χ3v) is 3.60. The Labute approximate surface area is 111 Å². The second kappa shape index (κ2) is 5.86. The van der Waals surface area contributed by atoms with E-state index in [1.807, 2.05) is 23.3 Å². The predicted molar refractivity (Wildman–Crippen MR) is 75.9 cm³/mol. The molecule has 18 heavy (non-hydrogen) atoms. The molecule has 0 aromatic carbocycles. The molecule has 0 saturated carbocycles. The Morgan fingerprint density at radius 2 is 2.28 bits per heavy atom. The van der Waals surface area contributed by atoms with Gasteiger partial charge in [0, 0.05) is 31.6 Å². The molecule has 0 unspecified atom stereocenters. The Morgan fingerprint density at radius 1 is 1.44 bits per heavy atom. The molecule has 6 heteroatoms. The van der Waals surface area contributed by atoms with Crippen molar-refractivity contribution in [3.8, 4) is 0 Å². The van der Waals surface area contributed by atoms with Gasteiger partial charge in [-0.1, -0.05) is 13.3 Å². The lowest BCUT2D eigenvalue weighted by atomic mass is 10.2. The zero-order valence-electron chi connectivity index (χ0n) is 10.8. The average molecular weight is 265 g/mol. The summed E-state index contributed by atoms with van der Waals surface area (Å²) in [6.07, 6.45) is 4.72. The number of nitrogens with one attached hydrogen (secondary N) is 1. The van der Waals surface area contributed by atoms with Gasteiger partial charge in [-0.15, -0.1) is 11.3 Å². The van der Waals surface area contributed by atoms with Crippen LogP contribution in [0, 0.1) is 0 Å². The molecule has 2 aromatic heterocycles. The monoisotopic (exact) mass is 265 g/mol. The molecule has 0 bridgehead atoms. The van der Waals surface area contributed by atoms with E-state index in [9.17, 15) is 0 Å². The van der Waals surface area contributed by atoms with Crippen molar-refractivity contribution in [2.45, 2.75) is 26.2 Å². The van der Waals surface area contributed by atoms with E-state index in [2.05, 4.69) is 22.3 Å². The van der Waals surface area contributed by atoms with Crippen LogP contribution in [0.2, 0.25) is 0 Å². The zero-order valence-corrected chi connectivity index (χ0v) is 11.6. The highest BCUT2D eigenvalue weighted by molar-refractivity contribution is 7.09. The quantitative estimate of drug-likeness (QED) is 0.839. The second-order valence-electron chi connectivity index (χ2n) is 4.19. The number of rotatable bonds is 6. The highest BCUT2D eigenvalue weighted by Gasteiger charge is 2.11. The van der Waals surface area contributed by atoms with Crippen molar-refractivity contribution in [2.24, 2.45) is 7.05 Å². The molecule has 0 amide bonds. The predicted octanol–water partition coefficient (Wildman–Crippen LogP) is 2.07. The van der Waals surface area contributed by atoms with Gasteiger partial charge in [0.2, 0.25) is 0 Å². The first-order valence-corrected chi connectivity index (χ1v) is 7.04. The van der Waals surface area contributed by atoms with E-state index in [0.717, 1.165) is 48.0 Å². The number of thiazole rings is 1. The second-order valence-corrected chi connectivity index (χ2v) is 5.16. The van der Waals surface area contributed by atoms with E-state index >= 15 is 0 Å². The smallest absolute Gasteiger partial charge is 0.147 e. The van der Waals surface area contributed by atoms with Gasteiger partial charge in [0.05, 0.1) is 16.4 Å². The van der Waals surface area contributed by atoms with Crippen LogP contribution in [0.15, 0.2) is 11.6 Å². The third kappa shape index (κ3) is 2.81. The van der Waals surface area contributed by atoms with E-state index in [1.54, 1.807) is 11.3 Å². The number of hydrogen-bond acceptors (Lipinski definition) is 5. The Morgan fingerprint density at radius 3 is 2.94 bits per heavy atom.